The lowest BCUT2D eigenvalue weighted by Gasteiger charge is -2.29. The number of carboxylic acid groups (broad SMARTS) is 1. The van der Waals surface area contributed by atoms with E-state index in [0.717, 1.165) is 18.9 Å². The van der Waals surface area contributed by atoms with Crippen LogP contribution < -0.4 is 15.8 Å². The number of halogens is 3. The molecule has 11 nitrogen and oxygen atoms in total. The Hall–Kier alpha value is -4.04. The van der Waals surface area contributed by atoms with Gasteiger partial charge in [-0.15, -0.1) is 0 Å². The second-order valence-electron chi connectivity index (χ2n) is 10.6. The normalized spacial score (nSPS) is 23.4. The van der Waals surface area contributed by atoms with Crippen molar-refractivity contribution >= 4 is 28.8 Å². The number of amides is 3. The zero-order valence-corrected chi connectivity index (χ0v) is 22.5. The topological polar surface area (TPSA) is 158 Å². The number of aromatic nitrogens is 2. The summed E-state index contributed by atoms with van der Waals surface area (Å²) in [6, 6.07) is 2.75. The molecule has 3 aromatic rings. The van der Waals surface area contributed by atoms with Crippen LogP contribution in [0.15, 0.2) is 28.7 Å². The Morgan fingerprint density at radius 3 is 2.49 bits per heavy atom. The molecular formula is C27H29F3N5O6+. The van der Waals surface area contributed by atoms with Crippen LogP contribution in [0.1, 0.15) is 61.1 Å². The van der Waals surface area contributed by atoms with E-state index in [1.807, 2.05) is 0 Å². The quantitative estimate of drug-likeness (QED) is 0.365. The fourth-order valence-corrected chi connectivity index (χ4v) is 5.40. The number of methoxy groups -OCH3 is 1. The Kier molecular flexibility index (Phi) is 7.02. The molecule has 4 N–H and O–H groups in total. The van der Waals surface area contributed by atoms with Crippen LogP contribution in [-0.4, -0.2) is 63.2 Å². The van der Waals surface area contributed by atoms with Gasteiger partial charge in [0.05, 0.1) is 19.2 Å². The number of pyridine rings is 1. The Morgan fingerprint density at radius 1 is 1.20 bits per heavy atom. The fourth-order valence-electron chi connectivity index (χ4n) is 5.40. The number of oxazole rings is 1. The Bertz CT molecular complexity index is 1550. The molecule has 3 heterocycles. The third-order valence-electron chi connectivity index (χ3n) is 7.72. The second kappa shape index (κ2) is 10.1. The summed E-state index contributed by atoms with van der Waals surface area (Å²) in [5, 5.41) is 13.4. The predicted octanol–water partition coefficient (Wildman–Crippen LogP) is 4.26. The number of quaternary nitrogens is 1. The molecule has 0 bridgehead atoms. The smallest absolute Gasteiger partial charge is 0.494 e. The molecule has 5 rings (SSSR count). The minimum Gasteiger partial charge on any atom is -0.494 e. The summed E-state index contributed by atoms with van der Waals surface area (Å²) in [6.45, 7) is 2.95. The number of rotatable bonds is 6. The van der Waals surface area contributed by atoms with Gasteiger partial charge >= 0.3 is 18.2 Å². The summed E-state index contributed by atoms with van der Waals surface area (Å²) in [7, 11) is 1.29. The van der Waals surface area contributed by atoms with E-state index in [-0.39, 0.29) is 64.4 Å². The monoisotopic (exact) mass is 576 g/mol. The molecule has 2 aliphatic rings. The molecule has 1 saturated heterocycles. The Balaban J connectivity index is 1.58. The van der Waals surface area contributed by atoms with Crippen molar-refractivity contribution in [2.24, 2.45) is 11.7 Å². The molecule has 3 amide bonds. The van der Waals surface area contributed by atoms with Crippen LogP contribution >= 0.6 is 0 Å². The lowest BCUT2D eigenvalue weighted by molar-refractivity contribution is -0.786. The van der Waals surface area contributed by atoms with Gasteiger partial charge in [-0.3, -0.25) is 4.79 Å². The maximum absolute atomic E-state index is 14.0. The zero-order valence-electron chi connectivity index (χ0n) is 22.5. The van der Waals surface area contributed by atoms with Crippen LogP contribution in [0.5, 0.6) is 5.75 Å². The van der Waals surface area contributed by atoms with E-state index >= 15 is 0 Å². The first-order valence-corrected chi connectivity index (χ1v) is 13.1. The lowest BCUT2D eigenvalue weighted by Crippen LogP contribution is -2.60. The van der Waals surface area contributed by atoms with Crippen molar-refractivity contribution in [3.05, 3.63) is 41.4 Å². The number of nitrogens with two attached hydrogens (primary N) is 1. The molecule has 1 aliphatic heterocycles. The summed E-state index contributed by atoms with van der Waals surface area (Å²) in [5.74, 6) is -1.27. The van der Waals surface area contributed by atoms with Crippen molar-refractivity contribution in [3.63, 3.8) is 0 Å². The van der Waals surface area contributed by atoms with E-state index in [9.17, 15) is 32.7 Å². The largest absolute Gasteiger partial charge is 0.521 e. The molecular weight excluding hydrogens is 547 g/mol. The Morgan fingerprint density at radius 2 is 1.90 bits per heavy atom. The average molecular weight is 577 g/mol. The van der Waals surface area contributed by atoms with Gasteiger partial charge in [-0.1, -0.05) is 0 Å². The van der Waals surface area contributed by atoms with Crippen LogP contribution in [0.2, 0.25) is 0 Å². The van der Waals surface area contributed by atoms with Gasteiger partial charge < -0.3 is 25.3 Å². The summed E-state index contributed by atoms with van der Waals surface area (Å²) in [4.78, 5) is 47.1. The predicted molar refractivity (Wildman–Crippen MR) is 138 cm³/mol. The zero-order chi connectivity index (χ0) is 29.9. The minimum atomic E-state index is -4.70. The highest BCUT2D eigenvalue weighted by Gasteiger charge is 2.59. The molecule has 1 aliphatic carbocycles. The van der Waals surface area contributed by atoms with Gasteiger partial charge in [0, 0.05) is 23.3 Å². The van der Waals surface area contributed by atoms with Gasteiger partial charge in [0.1, 0.15) is 29.5 Å². The molecule has 2 unspecified atom stereocenters. The lowest BCUT2D eigenvalue weighted by atomic mass is 10.1. The van der Waals surface area contributed by atoms with E-state index in [0.29, 0.717) is 0 Å². The average Bonchev–Trinajstić information content (AvgIpc) is 3.58. The first kappa shape index (κ1) is 28.5. The molecule has 41 heavy (non-hydrogen) atoms. The molecule has 1 aromatic carbocycles. The number of benzene rings is 1. The third-order valence-corrected chi connectivity index (χ3v) is 7.72. The number of nitrogens with zero attached hydrogens (tertiary/aromatic N) is 3. The summed E-state index contributed by atoms with van der Waals surface area (Å²) >= 11 is 0. The maximum Gasteiger partial charge on any atom is 0.521 e. The number of likely N-dealkylation sites (tertiary alicyclic amines) is 1. The van der Waals surface area contributed by atoms with Crippen LogP contribution in [0.3, 0.4) is 0 Å². The van der Waals surface area contributed by atoms with Gasteiger partial charge in [0.25, 0.3) is 0 Å². The summed E-state index contributed by atoms with van der Waals surface area (Å²) in [6.07, 6.45) is -4.30. The van der Waals surface area contributed by atoms with Crippen LogP contribution in [0.25, 0.3) is 22.4 Å². The van der Waals surface area contributed by atoms with Crippen molar-refractivity contribution in [2.75, 3.05) is 13.7 Å². The van der Waals surface area contributed by atoms with Crippen molar-refractivity contribution in [1.29, 1.82) is 0 Å². The van der Waals surface area contributed by atoms with Gasteiger partial charge in [0.15, 0.2) is 5.76 Å². The highest BCUT2D eigenvalue weighted by Crippen LogP contribution is 2.39. The van der Waals surface area contributed by atoms with Gasteiger partial charge in [-0.25, -0.2) is 9.78 Å². The van der Waals surface area contributed by atoms with Crippen LogP contribution in [0.4, 0.5) is 18.0 Å². The van der Waals surface area contributed by atoms with E-state index in [1.54, 1.807) is 6.92 Å². The number of carbonyl (C=O) groups is 3. The molecule has 4 atom stereocenters. The number of hydrogen-bond donors (Lipinski definition) is 3. The molecule has 1 saturated carbocycles. The van der Waals surface area contributed by atoms with Crippen molar-refractivity contribution in [2.45, 2.75) is 57.4 Å². The van der Waals surface area contributed by atoms with Gasteiger partial charge in [-0.05, 0) is 51.0 Å². The van der Waals surface area contributed by atoms with E-state index in [4.69, 9.17) is 14.9 Å². The summed E-state index contributed by atoms with van der Waals surface area (Å²) in [5.41, 5.74) is 4.77. The van der Waals surface area contributed by atoms with E-state index < -0.39 is 46.5 Å². The highest BCUT2D eigenvalue weighted by molar-refractivity contribution is 5.98. The van der Waals surface area contributed by atoms with Gasteiger partial charge in [-0.2, -0.15) is 27.4 Å². The SMILES string of the molecule is COc1ccc(-c2nc(C(=O)[N+]3(C(=O)O)C[C@H](NC(=O)C4CC4)CC3C)c([C@H](C)N)o2)c2ccc(C(F)(F)F)nc12. The van der Waals surface area contributed by atoms with Crippen molar-refractivity contribution in [3.8, 4) is 17.2 Å². The Labute approximate surface area is 232 Å². The number of carbonyl (C=O) groups excluding carboxylic acids is 2. The number of fused-ring (bicyclic) bond motifs is 1. The second-order valence-corrected chi connectivity index (χ2v) is 10.6. The number of nitrogens with one attached hydrogen (secondary N) is 1. The fraction of sp³-hybridized carbons (Fsp3) is 0.444. The van der Waals surface area contributed by atoms with Gasteiger partial charge in [0.2, 0.25) is 17.5 Å². The van der Waals surface area contributed by atoms with Crippen LogP contribution in [0, 0.1) is 5.92 Å². The van der Waals surface area contributed by atoms with Crippen LogP contribution in [-0.2, 0) is 11.0 Å². The van der Waals surface area contributed by atoms with Crippen molar-refractivity contribution in [1.82, 2.24) is 15.3 Å². The maximum atomic E-state index is 14.0. The van der Waals surface area contributed by atoms with E-state index in [2.05, 4.69) is 15.3 Å². The molecule has 2 fully saturated rings. The number of ether oxygens (including phenoxy) is 1. The number of hydrogen-bond acceptors (Lipinski definition) is 8. The molecule has 14 heteroatoms. The standard InChI is InChI=1S/C27H28F3N5O6/c1-12-10-15(32-23(36)14-4-5-14)11-35(12,26(38)39)25(37)21-22(13(2)31)41-24(34-21)17-6-8-18(40-3)20-16(17)7-9-19(33-20)27(28,29)30/h6-9,12-15H,4-5,10-11,31H2,1-3H3,(H-,32,36,38,39)/p+1/t12?,13-,15+,35?/m0/s1. The minimum absolute atomic E-state index is 0.0747. The number of alkyl halides is 3. The molecule has 0 spiro atoms. The first-order chi connectivity index (χ1) is 19.3. The molecule has 2 aromatic heterocycles. The number of imide groups is 1. The van der Waals surface area contributed by atoms with Crippen molar-refractivity contribution < 1.29 is 46.3 Å². The van der Waals surface area contributed by atoms with E-state index in [1.165, 1.54) is 32.2 Å². The highest BCUT2D eigenvalue weighted by atomic mass is 19.4. The third kappa shape index (κ3) is 4.90. The first-order valence-electron chi connectivity index (χ1n) is 13.1. The summed E-state index contributed by atoms with van der Waals surface area (Å²) < 4.78 is 50.2. The molecule has 218 valence electrons. The molecule has 0 radical (unpaired) electrons.